The van der Waals surface area contributed by atoms with E-state index in [-0.39, 0.29) is 24.5 Å². The van der Waals surface area contributed by atoms with E-state index < -0.39 is 0 Å². The van der Waals surface area contributed by atoms with E-state index in [9.17, 15) is 9.59 Å². The Morgan fingerprint density at radius 1 is 1.03 bits per heavy atom. The quantitative estimate of drug-likeness (QED) is 0.347. The number of ether oxygens (including phenoxy) is 3. The van der Waals surface area contributed by atoms with Crippen molar-refractivity contribution in [2.75, 3.05) is 67.3 Å². The van der Waals surface area contributed by atoms with Crippen molar-refractivity contribution in [1.82, 2.24) is 15.1 Å². The molecule has 0 fully saturated rings. The minimum absolute atomic E-state index is 0.0110. The molecule has 0 bridgehead atoms. The van der Waals surface area contributed by atoms with Crippen LogP contribution in [-0.2, 0) is 36.8 Å². The fourth-order valence-corrected chi connectivity index (χ4v) is 4.15. The molecule has 192 valence electrons. The summed E-state index contributed by atoms with van der Waals surface area (Å²) in [5.41, 5.74) is 2.35. The van der Waals surface area contributed by atoms with E-state index >= 15 is 0 Å². The molecule has 1 aliphatic rings. The number of hydrogen-bond donors (Lipinski definition) is 1. The van der Waals surface area contributed by atoms with Crippen LogP contribution in [0.3, 0.4) is 0 Å². The maximum atomic E-state index is 13.0. The Morgan fingerprint density at radius 3 is 2.50 bits per heavy atom. The zero-order valence-electron chi connectivity index (χ0n) is 21.2. The molecular formula is C26H43N3O5. The Morgan fingerprint density at radius 2 is 1.74 bits per heavy atom. The van der Waals surface area contributed by atoms with Crippen LogP contribution in [0.5, 0.6) is 0 Å². The van der Waals surface area contributed by atoms with E-state index in [1.165, 1.54) is 12.0 Å². The first kappa shape index (κ1) is 28.2. The van der Waals surface area contributed by atoms with Gasteiger partial charge in [0.25, 0.3) is 0 Å². The molecule has 8 heteroatoms. The Hall–Kier alpha value is -2.00. The highest BCUT2D eigenvalue weighted by Crippen LogP contribution is 2.25. The number of unbranched alkanes of at least 4 members (excludes halogenated alkanes) is 3. The molecule has 1 aromatic rings. The van der Waals surface area contributed by atoms with Crippen molar-refractivity contribution in [3.63, 3.8) is 0 Å². The number of benzene rings is 1. The van der Waals surface area contributed by atoms with Crippen molar-refractivity contribution in [2.45, 2.75) is 51.1 Å². The van der Waals surface area contributed by atoms with E-state index in [0.717, 1.165) is 37.9 Å². The van der Waals surface area contributed by atoms with Crippen molar-refractivity contribution in [3.05, 3.63) is 35.4 Å². The zero-order valence-corrected chi connectivity index (χ0v) is 21.2. The first-order valence-electron chi connectivity index (χ1n) is 12.5. The lowest BCUT2D eigenvalue weighted by atomic mass is 9.92. The predicted octanol–water partition coefficient (Wildman–Crippen LogP) is 2.25. The third-order valence-corrected chi connectivity index (χ3v) is 6.21. The molecule has 2 amide bonds. The summed E-state index contributed by atoms with van der Waals surface area (Å²) in [4.78, 5) is 29.6. The van der Waals surface area contributed by atoms with E-state index in [1.54, 1.807) is 7.11 Å². The number of nitrogens with one attached hydrogen (secondary N) is 1. The van der Waals surface area contributed by atoms with Gasteiger partial charge in [0, 0.05) is 39.7 Å². The average Bonchev–Trinajstić information content (AvgIpc) is 2.84. The molecule has 0 radical (unpaired) electrons. The highest BCUT2D eigenvalue weighted by atomic mass is 16.5. The first-order chi connectivity index (χ1) is 16.6. The second kappa shape index (κ2) is 16.6. The summed E-state index contributed by atoms with van der Waals surface area (Å²) in [5, 5.41) is 3.16. The molecule has 34 heavy (non-hydrogen) atoms. The maximum absolute atomic E-state index is 13.0. The van der Waals surface area contributed by atoms with Crippen LogP contribution in [0.15, 0.2) is 24.3 Å². The summed E-state index contributed by atoms with van der Waals surface area (Å²) < 4.78 is 15.9. The van der Waals surface area contributed by atoms with Gasteiger partial charge in [-0.25, -0.2) is 0 Å². The van der Waals surface area contributed by atoms with Gasteiger partial charge in [-0.15, -0.1) is 0 Å². The van der Waals surface area contributed by atoms with Crippen LogP contribution in [0.25, 0.3) is 0 Å². The number of carbonyl (C=O) groups excluding carboxylic acids is 2. The fraction of sp³-hybridized carbons (Fsp3) is 0.692. The van der Waals surface area contributed by atoms with Crippen molar-refractivity contribution in [3.8, 4) is 0 Å². The van der Waals surface area contributed by atoms with E-state index in [2.05, 4.69) is 17.4 Å². The van der Waals surface area contributed by atoms with Crippen LogP contribution in [0.4, 0.5) is 0 Å². The van der Waals surface area contributed by atoms with Gasteiger partial charge in [0.2, 0.25) is 11.8 Å². The molecule has 0 spiro atoms. The number of nitrogens with zero attached hydrogens (tertiary/aromatic N) is 2. The normalized spacial score (nSPS) is 15.3. The minimum Gasteiger partial charge on any atom is -0.382 e. The summed E-state index contributed by atoms with van der Waals surface area (Å²) in [6.45, 7) is 4.09. The Bertz CT molecular complexity index is 730. The Balaban J connectivity index is 1.86. The van der Waals surface area contributed by atoms with Crippen LogP contribution in [0, 0.1) is 0 Å². The van der Waals surface area contributed by atoms with E-state index in [1.807, 2.05) is 36.0 Å². The number of fused-ring (bicyclic) bond motifs is 1. The molecule has 0 saturated carbocycles. The summed E-state index contributed by atoms with van der Waals surface area (Å²) >= 11 is 0. The standard InChI is InChI=1S/C26H43N3O5/c1-27-12-8-4-5-9-13-28(2)25(30)19-24-18-22-10-6-7-11-23(22)20-29(24)26(31)21-34-17-16-33-15-14-32-3/h6-7,10-11,24,27H,4-5,8-9,12-21H2,1-3H3. The maximum Gasteiger partial charge on any atom is 0.249 e. The van der Waals surface area contributed by atoms with Crippen molar-refractivity contribution in [1.29, 1.82) is 0 Å². The van der Waals surface area contributed by atoms with Crippen LogP contribution in [-0.4, -0.2) is 95.0 Å². The molecule has 1 unspecified atom stereocenters. The number of carbonyl (C=O) groups is 2. The molecule has 0 aliphatic carbocycles. The second-order valence-corrected chi connectivity index (χ2v) is 8.84. The highest BCUT2D eigenvalue weighted by molar-refractivity contribution is 5.81. The van der Waals surface area contributed by atoms with Crippen molar-refractivity contribution >= 4 is 11.8 Å². The molecule has 2 rings (SSSR count). The average molecular weight is 478 g/mol. The van der Waals surface area contributed by atoms with Gasteiger partial charge in [-0.2, -0.15) is 0 Å². The smallest absolute Gasteiger partial charge is 0.249 e. The molecule has 0 saturated heterocycles. The number of amides is 2. The molecule has 1 N–H and O–H groups in total. The highest BCUT2D eigenvalue weighted by Gasteiger charge is 2.31. The van der Waals surface area contributed by atoms with Crippen LogP contribution >= 0.6 is 0 Å². The third-order valence-electron chi connectivity index (χ3n) is 6.21. The second-order valence-electron chi connectivity index (χ2n) is 8.84. The molecular weight excluding hydrogens is 434 g/mol. The summed E-state index contributed by atoms with van der Waals surface area (Å²) in [5.74, 6) is 0.00116. The predicted molar refractivity (Wildman–Crippen MR) is 133 cm³/mol. The van der Waals surface area contributed by atoms with Gasteiger partial charge in [-0.05, 0) is 44.0 Å². The van der Waals surface area contributed by atoms with Crippen molar-refractivity contribution < 1.29 is 23.8 Å². The molecule has 1 atom stereocenters. The fourth-order valence-electron chi connectivity index (χ4n) is 4.15. The molecule has 8 nitrogen and oxygen atoms in total. The molecule has 1 aliphatic heterocycles. The van der Waals surface area contributed by atoms with Gasteiger partial charge in [0.15, 0.2) is 0 Å². The van der Waals surface area contributed by atoms with Gasteiger partial charge in [0.1, 0.15) is 6.61 Å². The largest absolute Gasteiger partial charge is 0.382 e. The Kier molecular flexibility index (Phi) is 13.8. The molecule has 1 aromatic carbocycles. The molecule has 0 aromatic heterocycles. The van der Waals surface area contributed by atoms with Crippen LogP contribution in [0.2, 0.25) is 0 Å². The first-order valence-corrected chi connectivity index (χ1v) is 12.5. The molecule has 1 heterocycles. The van der Waals surface area contributed by atoms with Gasteiger partial charge >= 0.3 is 0 Å². The van der Waals surface area contributed by atoms with Gasteiger partial charge < -0.3 is 29.3 Å². The SMILES string of the molecule is CNCCCCCCN(C)C(=O)CC1Cc2ccccc2CN1C(=O)COCCOCCOC. The van der Waals surface area contributed by atoms with Gasteiger partial charge in [0.05, 0.1) is 26.4 Å². The lowest BCUT2D eigenvalue weighted by Crippen LogP contribution is -2.48. The van der Waals surface area contributed by atoms with E-state index in [4.69, 9.17) is 14.2 Å². The Labute approximate surface area is 204 Å². The van der Waals surface area contributed by atoms with Crippen molar-refractivity contribution in [2.24, 2.45) is 0 Å². The minimum atomic E-state index is -0.158. The van der Waals surface area contributed by atoms with Gasteiger partial charge in [-0.1, -0.05) is 37.1 Å². The number of rotatable bonds is 17. The lowest BCUT2D eigenvalue weighted by molar-refractivity contribution is -0.142. The lowest BCUT2D eigenvalue weighted by Gasteiger charge is -2.37. The number of hydrogen-bond acceptors (Lipinski definition) is 6. The zero-order chi connectivity index (χ0) is 24.6. The monoisotopic (exact) mass is 477 g/mol. The summed E-state index contributed by atoms with van der Waals surface area (Å²) in [7, 11) is 5.46. The van der Waals surface area contributed by atoms with E-state index in [0.29, 0.717) is 45.8 Å². The topological polar surface area (TPSA) is 80.3 Å². The summed E-state index contributed by atoms with van der Waals surface area (Å²) in [6, 6.07) is 8.00. The summed E-state index contributed by atoms with van der Waals surface area (Å²) in [6.07, 6.45) is 5.47. The van der Waals surface area contributed by atoms with Crippen LogP contribution in [0.1, 0.15) is 43.2 Å². The third kappa shape index (κ3) is 10.1. The van der Waals surface area contributed by atoms with Gasteiger partial charge in [-0.3, -0.25) is 9.59 Å². The van der Waals surface area contributed by atoms with Crippen LogP contribution < -0.4 is 5.32 Å². The number of methoxy groups -OCH3 is 1.